The molecular formula is C35H50N4OS. The van der Waals surface area contributed by atoms with Crippen molar-refractivity contribution in [1.29, 1.82) is 0 Å². The fraction of sp³-hybridized carbons (Fsp3) is 0.543. The van der Waals surface area contributed by atoms with Crippen LogP contribution in [0.4, 0.5) is 0 Å². The molecule has 41 heavy (non-hydrogen) atoms. The van der Waals surface area contributed by atoms with E-state index in [0.29, 0.717) is 37.0 Å². The number of hydrogen-bond donors (Lipinski definition) is 2. The van der Waals surface area contributed by atoms with E-state index in [-0.39, 0.29) is 5.41 Å². The summed E-state index contributed by atoms with van der Waals surface area (Å²) in [6.45, 7) is 18.4. The van der Waals surface area contributed by atoms with Crippen LogP contribution < -0.4 is 10.0 Å². The van der Waals surface area contributed by atoms with Gasteiger partial charge in [0.1, 0.15) is 0 Å². The molecule has 1 aliphatic heterocycles. The van der Waals surface area contributed by atoms with Crippen molar-refractivity contribution >= 4 is 24.4 Å². The summed E-state index contributed by atoms with van der Waals surface area (Å²) in [6, 6.07) is 16.2. The Kier molecular flexibility index (Phi) is 10.9. The van der Waals surface area contributed by atoms with Crippen molar-refractivity contribution in [3.63, 3.8) is 0 Å². The summed E-state index contributed by atoms with van der Waals surface area (Å²) >= 11 is 1.66. The van der Waals surface area contributed by atoms with Crippen molar-refractivity contribution in [2.24, 2.45) is 27.2 Å². The van der Waals surface area contributed by atoms with Crippen molar-refractivity contribution in [3.05, 3.63) is 76.2 Å². The number of aryl methyl sites for hydroxylation is 2. The lowest BCUT2D eigenvalue weighted by Crippen LogP contribution is -2.39. The molecule has 2 N–H and O–H groups in total. The Balaban J connectivity index is 1.73. The Morgan fingerprint density at radius 2 is 1.78 bits per heavy atom. The van der Waals surface area contributed by atoms with Gasteiger partial charge in [-0.05, 0) is 125 Å². The maximum atomic E-state index is 6.66. The number of hydrogen-bond acceptors (Lipinski definition) is 6. The van der Waals surface area contributed by atoms with E-state index in [2.05, 4.69) is 113 Å². The normalized spacial score (nSPS) is 27.1. The van der Waals surface area contributed by atoms with Gasteiger partial charge in [0.25, 0.3) is 0 Å². The van der Waals surface area contributed by atoms with E-state index >= 15 is 0 Å². The van der Waals surface area contributed by atoms with Crippen LogP contribution in [0.3, 0.4) is 0 Å². The molecule has 222 valence electrons. The molecule has 2 aliphatic rings. The highest BCUT2D eigenvalue weighted by atomic mass is 32.2. The van der Waals surface area contributed by atoms with E-state index in [9.17, 15) is 0 Å². The van der Waals surface area contributed by atoms with Gasteiger partial charge in [0.15, 0.2) is 0 Å². The van der Waals surface area contributed by atoms with Crippen molar-refractivity contribution in [3.8, 4) is 0 Å². The van der Waals surface area contributed by atoms with E-state index in [1.165, 1.54) is 47.3 Å². The fourth-order valence-corrected chi connectivity index (χ4v) is 7.21. The minimum absolute atomic E-state index is 0.171. The van der Waals surface area contributed by atoms with Crippen molar-refractivity contribution < 1.29 is 4.74 Å². The topological polar surface area (TPSA) is 58.0 Å². The molecular weight excluding hydrogens is 524 g/mol. The van der Waals surface area contributed by atoms with Crippen LogP contribution in [0.5, 0.6) is 0 Å². The minimum atomic E-state index is 0.171. The number of aliphatic imine (C=N–C) groups is 2. The Morgan fingerprint density at radius 1 is 1.07 bits per heavy atom. The molecule has 1 heterocycles. The average molecular weight is 575 g/mol. The minimum Gasteiger partial charge on any atom is -0.477 e. The molecule has 1 saturated carbocycles. The monoisotopic (exact) mass is 574 g/mol. The van der Waals surface area contributed by atoms with Crippen LogP contribution in [-0.4, -0.2) is 38.8 Å². The van der Waals surface area contributed by atoms with Crippen LogP contribution in [0.25, 0.3) is 0 Å². The lowest BCUT2D eigenvalue weighted by molar-refractivity contribution is 0.110. The quantitative estimate of drug-likeness (QED) is 0.258. The summed E-state index contributed by atoms with van der Waals surface area (Å²) < 4.78 is 10.2. The third-order valence-electron chi connectivity index (χ3n) is 8.72. The number of rotatable bonds is 7. The predicted molar refractivity (Wildman–Crippen MR) is 176 cm³/mol. The zero-order chi connectivity index (χ0) is 29.6. The Hall–Kier alpha value is -2.41. The fourth-order valence-electron chi connectivity index (χ4n) is 6.57. The third-order valence-corrected chi connectivity index (χ3v) is 9.49. The second kappa shape index (κ2) is 14.2. The number of nitrogens with zero attached hydrogens (tertiary/aromatic N) is 2. The molecule has 0 aromatic heterocycles. The molecule has 2 aromatic carbocycles. The second-order valence-electron chi connectivity index (χ2n) is 13.2. The van der Waals surface area contributed by atoms with E-state index in [0.717, 1.165) is 29.2 Å². The van der Waals surface area contributed by atoms with E-state index in [1.807, 2.05) is 0 Å². The average Bonchev–Trinajstić information content (AvgIpc) is 2.89. The van der Waals surface area contributed by atoms with Gasteiger partial charge >= 0.3 is 0 Å². The molecule has 2 bridgehead atoms. The highest BCUT2D eigenvalue weighted by molar-refractivity contribution is 7.97. The molecule has 1 aliphatic carbocycles. The van der Waals surface area contributed by atoms with Crippen molar-refractivity contribution in [2.75, 3.05) is 20.3 Å². The van der Waals surface area contributed by atoms with Gasteiger partial charge in [0, 0.05) is 28.0 Å². The van der Waals surface area contributed by atoms with Crippen LogP contribution in [-0.2, 0) is 4.74 Å². The van der Waals surface area contributed by atoms with Gasteiger partial charge in [-0.15, -0.1) is 0 Å². The molecule has 1 fully saturated rings. The van der Waals surface area contributed by atoms with Gasteiger partial charge < -0.3 is 10.1 Å². The van der Waals surface area contributed by atoms with Gasteiger partial charge in [0.2, 0.25) is 5.88 Å². The van der Waals surface area contributed by atoms with Crippen LogP contribution in [0.1, 0.15) is 88.0 Å². The number of fused-ring (bicyclic) bond motifs is 2. The largest absolute Gasteiger partial charge is 0.477 e. The summed E-state index contributed by atoms with van der Waals surface area (Å²) in [5.41, 5.74) is 6.94. The number of benzene rings is 2. The smallest absolute Gasteiger partial charge is 0.217 e. The summed E-state index contributed by atoms with van der Waals surface area (Å²) in [6.07, 6.45) is 6.07. The summed E-state index contributed by atoms with van der Waals surface area (Å²) in [5.74, 6) is 2.14. The van der Waals surface area contributed by atoms with Gasteiger partial charge in [-0.2, -0.15) is 0 Å². The number of nitrogens with one attached hydrogen (secondary N) is 2. The molecule has 2 aromatic rings. The van der Waals surface area contributed by atoms with E-state index < -0.39 is 0 Å². The Labute approximate surface area is 252 Å². The number of allylic oxidation sites excluding steroid dienone is 1. The van der Waals surface area contributed by atoms with Crippen LogP contribution in [0, 0.1) is 31.1 Å². The molecule has 5 nitrogen and oxygen atoms in total. The van der Waals surface area contributed by atoms with Gasteiger partial charge in [0.05, 0.1) is 19.0 Å². The van der Waals surface area contributed by atoms with Gasteiger partial charge in [-0.25, -0.2) is 9.71 Å². The first kappa shape index (κ1) is 31.5. The maximum absolute atomic E-state index is 6.66. The number of ether oxygens (including phenoxy) is 1. The Morgan fingerprint density at radius 3 is 2.44 bits per heavy atom. The zero-order valence-corrected chi connectivity index (χ0v) is 27.0. The van der Waals surface area contributed by atoms with E-state index in [1.54, 1.807) is 11.9 Å². The molecule has 2 atom stereocenters. The lowest BCUT2D eigenvalue weighted by atomic mass is 9.71. The van der Waals surface area contributed by atoms with Crippen molar-refractivity contribution in [2.45, 2.75) is 90.5 Å². The van der Waals surface area contributed by atoms with Crippen LogP contribution in [0.15, 0.2) is 68.8 Å². The molecule has 0 spiro atoms. The lowest BCUT2D eigenvalue weighted by Gasteiger charge is -2.38. The molecule has 2 unspecified atom stereocenters. The molecule has 6 heteroatoms. The predicted octanol–water partition coefficient (Wildman–Crippen LogP) is 8.22. The molecule has 0 amide bonds. The van der Waals surface area contributed by atoms with E-state index in [4.69, 9.17) is 9.73 Å². The first-order valence-electron chi connectivity index (χ1n) is 15.2. The van der Waals surface area contributed by atoms with Crippen molar-refractivity contribution in [1.82, 2.24) is 10.0 Å². The van der Waals surface area contributed by atoms with Gasteiger partial charge in [-0.3, -0.25) is 4.99 Å². The molecule has 0 radical (unpaired) electrons. The first-order chi connectivity index (χ1) is 19.6. The third kappa shape index (κ3) is 8.33. The highest BCUT2D eigenvalue weighted by Gasteiger charge is 2.33. The molecule has 0 saturated heterocycles. The maximum Gasteiger partial charge on any atom is 0.217 e. The Bertz CT molecular complexity index is 1230. The SMILES string of the molecule is C=N/C1=C(C)\C(c2c(C)cccc2C)=N/CNSc2cccc(c2)C(CCC2CC(NC)C2)C(CC(C)(C)C)CO1. The first-order valence-corrected chi connectivity index (χ1v) is 16.0. The summed E-state index contributed by atoms with van der Waals surface area (Å²) in [5, 5.41) is 3.45. The van der Waals surface area contributed by atoms with Crippen LogP contribution in [0.2, 0.25) is 0 Å². The standard InChI is InChI=1S/C35H50N4OS/c1-23-11-9-12-24(2)32(23)33-25(3)34(37-8)40-21-28(20-35(4,5)6)31(16-15-26-17-29(18-26)36-7)27-13-10-14-30(19-27)41-39-22-38-33/h9-14,19,26,28-29,31,36,39H,8,15-18,20-22H2,1-7H3/b34-25+,38-33+. The summed E-state index contributed by atoms with van der Waals surface area (Å²) in [4.78, 5) is 10.7. The zero-order valence-electron chi connectivity index (χ0n) is 26.2. The second-order valence-corrected chi connectivity index (χ2v) is 14.1. The highest BCUT2D eigenvalue weighted by Crippen LogP contribution is 2.42. The van der Waals surface area contributed by atoms with Crippen LogP contribution >= 0.6 is 11.9 Å². The van der Waals surface area contributed by atoms with Gasteiger partial charge in [-0.1, -0.05) is 51.1 Å². The summed E-state index contributed by atoms with van der Waals surface area (Å²) in [7, 11) is 2.09. The molecule has 4 rings (SSSR count).